The third kappa shape index (κ3) is 3.76. The molecule has 168 valence electrons. The van der Waals surface area contributed by atoms with Gasteiger partial charge in [0.15, 0.2) is 0 Å². The van der Waals surface area contributed by atoms with Gasteiger partial charge in [-0.3, -0.25) is 9.59 Å². The normalized spacial score (nSPS) is 16.9. The summed E-state index contributed by atoms with van der Waals surface area (Å²) in [6, 6.07) is 28.2. The second-order valence-corrected chi connectivity index (χ2v) is 9.93. The number of hydrogen-bond donors (Lipinski definition) is 1. The van der Waals surface area contributed by atoms with Gasteiger partial charge < -0.3 is 10.2 Å². The molecule has 5 heteroatoms. The summed E-state index contributed by atoms with van der Waals surface area (Å²) in [5, 5.41) is 5.47. The Balaban J connectivity index is 1.21. The molecule has 1 atom stereocenters. The lowest BCUT2D eigenvalue weighted by atomic mass is 10.0. The first-order valence-electron chi connectivity index (χ1n) is 11.6. The molecule has 0 saturated carbocycles. The molecule has 2 amide bonds. The van der Waals surface area contributed by atoms with Gasteiger partial charge in [-0.05, 0) is 58.7 Å². The summed E-state index contributed by atoms with van der Waals surface area (Å²) in [7, 11) is 0. The molecule has 0 bridgehead atoms. The standard InChI is InChI=1S/C29H24N2O2S/c32-26-18-34-29(31(26)17-19-5-2-1-3-6-19)23-13-11-22(12-14-23)28(33)30-25-16-15-21-10-9-20-7-4-8-24(25)27(20)21/h1-8,11-16,29H,9-10,17-18H2,(H,30,33)/t29-/m1/s1. The average Bonchev–Trinajstić information content (AvgIpc) is 3.46. The first-order valence-corrected chi connectivity index (χ1v) is 12.6. The van der Waals surface area contributed by atoms with Crippen molar-refractivity contribution in [3.8, 4) is 0 Å². The molecule has 34 heavy (non-hydrogen) atoms. The molecule has 4 aromatic rings. The number of carbonyl (C=O) groups excluding carboxylic acids is 2. The monoisotopic (exact) mass is 464 g/mol. The highest BCUT2D eigenvalue weighted by Crippen LogP contribution is 2.40. The summed E-state index contributed by atoms with van der Waals surface area (Å²) in [5.74, 6) is 0.499. The third-order valence-corrected chi connectivity index (χ3v) is 8.00. The lowest BCUT2D eigenvalue weighted by molar-refractivity contribution is -0.128. The smallest absolute Gasteiger partial charge is 0.255 e. The highest BCUT2D eigenvalue weighted by Gasteiger charge is 2.32. The van der Waals surface area contributed by atoms with Crippen LogP contribution in [0.25, 0.3) is 10.8 Å². The molecule has 6 rings (SSSR count). The molecule has 2 aliphatic rings. The van der Waals surface area contributed by atoms with E-state index in [1.807, 2.05) is 65.6 Å². The Labute approximate surface area is 203 Å². The van der Waals surface area contributed by atoms with Crippen molar-refractivity contribution in [3.63, 3.8) is 0 Å². The fraction of sp³-hybridized carbons (Fsp3) is 0.172. The van der Waals surface area contributed by atoms with Crippen LogP contribution in [0.4, 0.5) is 5.69 Å². The first-order chi connectivity index (χ1) is 16.7. The first kappa shape index (κ1) is 21.0. The molecule has 0 radical (unpaired) electrons. The van der Waals surface area contributed by atoms with Gasteiger partial charge in [-0.2, -0.15) is 0 Å². The molecule has 1 heterocycles. The van der Waals surface area contributed by atoms with Gasteiger partial charge in [0, 0.05) is 23.2 Å². The van der Waals surface area contributed by atoms with Crippen LogP contribution in [-0.4, -0.2) is 22.5 Å². The molecular formula is C29H24N2O2S. The predicted octanol–water partition coefficient (Wildman–Crippen LogP) is 5.96. The molecule has 0 spiro atoms. The molecule has 1 saturated heterocycles. The lowest BCUT2D eigenvalue weighted by Gasteiger charge is -2.24. The van der Waals surface area contributed by atoms with Crippen LogP contribution >= 0.6 is 11.8 Å². The topological polar surface area (TPSA) is 49.4 Å². The minimum absolute atomic E-state index is 0.0404. The van der Waals surface area contributed by atoms with Crippen LogP contribution in [0.2, 0.25) is 0 Å². The van der Waals surface area contributed by atoms with Crippen LogP contribution in [0.15, 0.2) is 84.9 Å². The Morgan fingerprint density at radius 1 is 0.882 bits per heavy atom. The van der Waals surface area contributed by atoms with Gasteiger partial charge in [0.1, 0.15) is 5.37 Å². The Bertz CT molecular complexity index is 1390. The van der Waals surface area contributed by atoms with Crippen molar-refractivity contribution in [1.82, 2.24) is 4.90 Å². The van der Waals surface area contributed by atoms with E-state index in [-0.39, 0.29) is 17.2 Å². The molecule has 0 unspecified atom stereocenters. The Morgan fingerprint density at radius 3 is 2.44 bits per heavy atom. The highest BCUT2D eigenvalue weighted by molar-refractivity contribution is 8.00. The summed E-state index contributed by atoms with van der Waals surface area (Å²) in [4.78, 5) is 27.5. The number of aryl methyl sites for hydroxylation is 2. The zero-order valence-electron chi connectivity index (χ0n) is 18.7. The average molecular weight is 465 g/mol. The number of amides is 2. The van der Waals surface area contributed by atoms with E-state index in [0.717, 1.165) is 35.0 Å². The summed E-state index contributed by atoms with van der Waals surface area (Å²) in [6.45, 7) is 0.588. The molecule has 1 N–H and O–H groups in total. The van der Waals surface area contributed by atoms with Gasteiger partial charge >= 0.3 is 0 Å². The number of nitrogens with one attached hydrogen (secondary N) is 1. The third-order valence-electron chi connectivity index (χ3n) is 6.75. The number of thioether (sulfide) groups is 1. The van der Waals surface area contributed by atoms with E-state index in [1.165, 1.54) is 16.5 Å². The quantitative estimate of drug-likeness (QED) is 0.396. The maximum atomic E-state index is 13.1. The van der Waals surface area contributed by atoms with Crippen molar-refractivity contribution in [1.29, 1.82) is 0 Å². The van der Waals surface area contributed by atoms with Crippen LogP contribution in [0.1, 0.15) is 38.0 Å². The molecule has 4 aromatic carbocycles. The lowest BCUT2D eigenvalue weighted by Crippen LogP contribution is -2.27. The predicted molar refractivity (Wildman–Crippen MR) is 138 cm³/mol. The summed E-state index contributed by atoms with van der Waals surface area (Å²) in [6.07, 6.45) is 2.13. The Morgan fingerprint density at radius 2 is 1.65 bits per heavy atom. The van der Waals surface area contributed by atoms with Gasteiger partial charge in [0.05, 0.1) is 5.75 Å². The zero-order chi connectivity index (χ0) is 23.1. The van der Waals surface area contributed by atoms with Crippen molar-refractivity contribution in [2.75, 3.05) is 11.1 Å². The number of nitrogens with zero attached hydrogens (tertiary/aromatic N) is 1. The SMILES string of the molecule is O=C(Nc1ccc2c3c(cccc13)CC2)c1ccc([C@H]2SCC(=O)N2Cc2ccccc2)cc1. The number of benzene rings is 4. The van der Waals surface area contributed by atoms with Crippen LogP contribution in [0, 0.1) is 0 Å². The molecule has 1 aliphatic heterocycles. The molecular weight excluding hydrogens is 440 g/mol. The summed E-state index contributed by atoms with van der Waals surface area (Å²) in [5.41, 5.74) is 6.32. The van der Waals surface area contributed by atoms with Gasteiger partial charge in [0.25, 0.3) is 5.91 Å². The molecule has 1 aliphatic carbocycles. The number of anilines is 1. The second-order valence-electron chi connectivity index (χ2n) is 8.86. The van der Waals surface area contributed by atoms with E-state index in [0.29, 0.717) is 17.9 Å². The number of carbonyl (C=O) groups is 2. The maximum Gasteiger partial charge on any atom is 0.255 e. The minimum Gasteiger partial charge on any atom is -0.322 e. The van der Waals surface area contributed by atoms with Gasteiger partial charge in [-0.15, -0.1) is 11.8 Å². The summed E-state index contributed by atoms with van der Waals surface area (Å²) >= 11 is 1.63. The number of hydrogen-bond acceptors (Lipinski definition) is 3. The van der Waals surface area contributed by atoms with Gasteiger partial charge in [-0.1, -0.05) is 66.7 Å². The maximum absolute atomic E-state index is 13.1. The fourth-order valence-corrected chi connectivity index (χ4v) is 6.22. The zero-order valence-corrected chi connectivity index (χ0v) is 19.5. The largest absolute Gasteiger partial charge is 0.322 e. The van der Waals surface area contributed by atoms with E-state index in [2.05, 4.69) is 29.6 Å². The van der Waals surface area contributed by atoms with Gasteiger partial charge in [-0.25, -0.2) is 0 Å². The minimum atomic E-state index is -0.124. The Kier molecular flexibility index (Phi) is 5.34. The van der Waals surface area contributed by atoms with Crippen molar-refractivity contribution in [3.05, 3.63) is 113 Å². The van der Waals surface area contributed by atoms with E-state index >= 15 is 0 Å². The Hall–Kier alpha value is -3.57. The van der Waals surface area contributed by atoms with Gasteiger partial charge in [0.2, 0.25) is 5.91 Å². The molecule has 1 fully saturated rings. The summed E-state index contributed by atoms with van der Waals surface area (Å²) < 4.78 is 0. The number of rotatable bonds is 5. The van der Waals surface area contributed by atoms with Crippen LogP contribution in [0.5, 0.6) is 0 Å². The van der Waals surface area contributed by atoms with Crippen LogP contribution < -0.4 is 5.32 Å². The molecule has 4 nitrogen and oxygen atoms in total. The van der Waals surface area contributed by atoms with Crippen LogP contribution in [0.3, 0.4) is 0 Å². The van der Waals surface area contributed by atoms with Crippen molar-refractivity contribution in [2.24, 2.45) is 0 Å². The van der Waals surface area contributed by atoms with Crippen molar-refractivity contribution < 1.29 is 9.59 Å². The molecule has 0 aromatic heterocycles. The van der Waals surface area contributed by atoms with Crippen molar-refractivity contribution in [2.45, 2.75) is 24.8 Å². The van der Waals surface area contributed by atoms with E-state index in [4.69, 9.17) is 0 Å². The van der Waals surface area contributed by atoms with E-state index in [9.17, 15) is 9.59 Å². The van der Waals surface area contributed by atoms with E-state index in [1.54, 1.807) is 11.8 Å². The highest BCUT2D eigenvalue weighted by atomic mass is 32.2. The second kappa shape index (κ2) is 8.65. The van der Waals surface area contributed by atoms with Crippen molar-refractivity contribution >= 4 is 40.0 Å². The fourth-order valence-electron chi connectivity index (χ4n) is 5.03. The van der Waals surface area contributed by atoms with Crippen LogP contribution in [-0.2, 0) is 24.2 Å². The van der Waals surface area contributed by atoms with E-state index < -0.39 is 0 Å².